The normalized spacial score (nSPS) is 12.6. The average Bonchev–Trinajstić information content (AvgIpc) is 0.866. The molecule has 0 aromatic heterocycles. The van der Waals surface area contributed by atoms with Gasteiger partial charge in [0, 0.05) is 133 Å². The van der Waals surface area contributed by atoms with Gasteiger partial charge < -0.3 is 46.0 Å². The minimum absolute atomic E-state index is 0.0305. The summed E-state index contributed by atoms with van der Waals surface area (Å²) in [6.45, 7) is 22.3. The largest absolute Gasteiger partial charge is 0.396 e. The second kappa shape index (κ2) is 72.0. The highest BCUT2D eigenvalue weighted by Crippen LogP contribution is 2.29. The van der Waals surface area contributed by atoms with E-state index in [4.69, 9.17) is 0 Å². The van der Waals surface area contributed by atoms with Crippen molar-refractivity contribution in [2.45, 2.75) is 331 Å². The van der Waals surface area contributed by atoms with Gasteiger partial charge in [-0.25, -0.2) is 0 Å². The van der Waals surface area contributed by atoms with Crippen molar-refractivity contribution in [1.29, 1.82) is 0 Å². The fraction of sp³-hybridized carbons (Fsp3) is 0.923. The molecule has 0 heterocycles. The predicted octanol–water partition coefficient (Wildman–Crippen LogP) is 17.6. The molecule has 0 aromatic rings. The Kier molecular flexibility index (Phi) is 71.1. The SMILES string of the molecule is CCCCCCCCCCSSCCC(=O)N(CCCCCCO)C(C(=O)NCCN(CCNC(=O)C(C(C)C)N(CCCCCCO)C(=O)CCSSCCCCCCCCCC)CCNC(=O)C(C(C)C)N(CCCCCCO)C(=O)CCSSCCCCCCCCCC)C(C)C. The highest BCUT2D eigenvalue weighted by atomic mass is 33.1. The second-order valence-corrected chi connectivity index (χ2v) is 36.7. The van der Waals surface area contributed by atoms with E-state index in [0.717, 1.165) is 75.0 Å². The van der Waals surface area contributed by atoms with Crippen molar-refractivity contribution in [1.82, 2.24) is 35.6 Å². The zero-order valence-electron chi connectivity index (χ0n) is 65.3. The Hall–Kier alpha value is -1.24. The standard InChI is InChI=1S/C78H153N7O9S6/c1-10-13-16-19-22-25-34-43-61-95-98-64-46-70(89)83(52-37-28-31-40-58-86)73(67(4)5)76(92)79-49-55-82(56-50-80-77(93)74(68(6)7)84(53-38-29-32-41-59-87)71(90)47-65-99-96-62-44-35-26-23-20-17-14-11-2)57-51-81-78(94)75(69(8)9)85(54-39-30-33-42-60-88)72(91)48-66-100-97-63-45-36-27-24-21-18-15-12-3/h67-69,73-75,86-88H,10-66H2,1-9H3,(H,79,92)(H,80,93)(H,81,94). The second-order valence-electron chi connectivity index (χ2n) is 28.6. The van der Waals surface area contributed by atoms with Crippen LogP contribution in [0.25, 0.3) is 0 Å². The summed E-state index contributed by atoms with van der Waals surface area (Å²) in [6, 6.07) is -2.07. The maximum Gasteiger partial charge on any atom is 0.243 e. The molecule has 0 saturated carbocycles. The molecule has 0 fully saturated rings. The van der Waals surface area contributed by atoms with E-state index in [9.17, 15) is 44.1 Å². The molecule has 0 saturated heterocycles. The quantitative estimate of drug-likeness (QED) is 0.0247. The van der Waals surface area contributed by atoms with Crippen LogP contribution in [0.4, 0.5) is 0 Å². The first-order chi connectivity index (χ1) is 48.6. The number of nitrogens with one attached hydrogen (secondary N) is 3. The average molecular weight is 1530 g/mol. The smallest absolute Gasteiger partial charge is 0.243 e. The first kappa shape index (κ1) is 98.8. The maximum atomic E-state index is 14.6. The van der Waals surface area contributed by atoms with Crippen molar-refractivity contribution >= 4 is 100 Å². The molecule has 3 atom stereocenters. The number of carbonyl (C=O) groups is 6. The molecule has 0 spiro atoms. The van der Waals surface area contributed by atoms with Crippen LogP contribution >= 0.6 is 64.8 Å². The van der Waals surface area contributed by atoms with Gasteiger partial charge in [-0.3, -0.25) is 33.7 Å². The summed E-state index contributed by atoms with van der Waals surface area (Å²) in [4.78, 5) is 94.0. The van der Waals surface area contributed by atoms with Gasteiger partial charge in [-0.1, -0.05) is 300 Å². The van der Waals surface area contributed by atoms with Gasteiger partial charge in [-0.15, -0.1) is 0 Å². The number of nitrogens with zero attached hydrogens (tertiary/aromatic N) is 4. The molecular formula is C78H153N7O9S6. The molecule has 590 valence electrons. The number of hydrogen-bond donors (Lipinski definition) is 6. The highest BCUT2D eigenvalue weighted by molar-refractivity contribution is 8.77. The Labute approximate surface area is 637 Å². The molecule has 0 aromatic carbocycles. The van der Waals surface area contributed by atoms with Crippen LogP contribution in [-0.2, 0) is 28.8 Å². The topological polar surface area (TPSA) is 212 Å². The van der Waals surface area contributed by atoms with Gasteiger partial charge in [0.15, 0.2) is 0 Å². The Bertz CT molecular complexity index is 1730. The minimum atomic E-state index is -0.692. The van der Waals surface area contributed by atoms with Gasteiger partial charge in [0.25, 0.3) is 0 Å². The van der Waals surface area contributed by atoms with Crippen LogP contribution in [0.3, 0.4) is 0 Å². The Morgan fingerprint density at radius 2 is 0.490 bits per heavy atom. The lowest BCUT2D eigenvalue weighted by atomic mass is 10.00. The van der Waals surface area contributed by atoms with E-state index in [-0.39, 0.29) is 92.7 Å². The number of rotatable bonds is 75. The minimum Gasteiger partial charge on any atom is -0.396 e. The third-order valence-corrected chi connectivity index (χ3v) is 25.9. The first-order valence-electron chi connectivity index (χ1n) is 40.6. The number of hydrogen-bond acceptors (Lipinski definition) is 16. The highest BCUT2D eigenvalue weighted by Gasteiger charge is 2.35. The van der Waals surface area contributed by atoms with Crippen molar-refractivity contribution in [2.24, 2.45) is 17.8 Å². The van der Waals surface area contributed by atoms with Crippen LogP contribution in [0.15, 0.2) is 0 Å². The Morgan fingerprint density at radius 3 is 0.720 bits per heavy atom. The van der Waals surface area contributed by atoms with Gasteiger partial charge >= 0.3 is 0 Å². The number of aliphatic hydroxyl groups is 3. The van der Waals surface area contributed by atoms with Crippen LogP contribution in [0.1, 0.15) is 313 Å². The summed E-state index contributed by atoms with van der Waals surface area (Å²) in [5.41, 5.74) is 0. The molecular weight excluding hydrogens is 1370 g/mol. The van der Waals surface area contributed by atoms with Crippen molar-refractivity contribution in [2.75, 3.05) is 113 Å². The van der Waals surface area contributed by atoms with Crippen LogP contribution in [0.5, 0.6) is 0 Å². The predicted molar refractivity (Wildman–Crippen MR) is 440 cm³/mol. The van der Waals surface area contributed by atoms with E-state index in [1.165, 1.54) is 154 Å². The summed E-state index contributed by atoms with van der Waals surface area (Å²) < 4.78 is 0. The molecule has 16 nitrogen and oxygen atoms in total. The van der Waals surface area contributed by atoms with Gasteiger partial charge in [0.2, 0.25) is 35.4 Å². The third-order valence-electron chi connectivity index (χ3n) is 18.5. The molecule has 0 aliphatic carbocycles. The lowest BCUT2D eigenvalue weighted by Gasteiger charge is -2.35. The Balaban J connectivity index is 6.66. The third kappa shape index (κ3) is 54.4. The van der Waals surface area contributed by atoms with Crippen molar-refractivity contribution in [3.8, 4) is 0 Å². The fourth-order valence-electron chi connectivity index (χ4n) is 12.6. The van der Waals surface area contributed by atoms with Crippen molar-refractivity contribution < 1.29 is 44.1 Å². The zero-order valence-corrected chi connectivity index (χ0v) is 70.2. The van der Waals surface area contributed by atoms with E-state index >= 15 is 0 Å². The zero-order chi connectivity index (χ0) is 73.9. The van der Waals surface area contributed by atoms with E-state index < -0.39 is 18.1 Å². The molecule has 6 N–H and O–H groups in total. The summed E-state index contributed by atoms with van der Waals surface area (Å²) >= 11 is 0. The van der Waals surface area contributed by atoms with Gasteiger partial charge in [0.05, 0.1) is 0 Å². The van der Waals surface area contributed by atoms with Gasteiger partial charge in [0.1, 0.15) is 18.1 Å². The molecule has 22 heteroatoms. The van der Waals surface area contributed by atoms with E-state index in [1.54, 1.807) is 47.1 Å². The van der Waals surface area contributed by atoms with Crippen LogP contribution in [0, 0.1) is 17.8 Å². The summed E-state index contributed by atoms with van der Waals surface area (Å²) in [5, 5.41) is 38.1. The molecule has 3 unspecified atom stereocenters. The van der Waals surface area contributed by atoms with Gasteiger partial charge in [-0.2, -0.15) is 0 Å². The maximum absolute atomic E-state index is 14.6. The van der Waals surface area contributed by atoms with Crippen LogP contribution < -0.4 is 16.0 Å². The van der Waals surface area contributed by atoms with Gasteiger partial charge in [-0.05, 0) is 75.5 Å². The van der Waals surface area contributed by atoms with Crippen LogP contribution in [-0.4, -0.2) is 202 Å². The summed E-state index contributed by atoms with van der Waals surface area (Å²) in [7, 11) is 10.7. The van der Waals surface area contributed by atoms with E-state index in [0.29, 0.717) is 95.1 Å². The number of unbranched alkanes of at least 4 members (excludes halogenated alkanes) is 30. The first-order valence-corrected chi connectivity index (χ1v) is 48.0. The molecule has 0 aliphatic rings. The summed E-state index contributed by atoms with van der Waals surface area (Å²) in [6.07, 6.45) is 41.0. The number of carbonyl (C=O) groups excluding carboxylic acids is 6. The molecule has 0 radical (unpaired) electrons. The fourth-order valence-corrected chi connectivity index (χ4v) is 19.0. The molecule has 0 rings (SSSR count). The lowest BCUT2D eigenvalue weighted by molar-refractivity contribution is -0.142. The van der Waals surface area contributed by atoms with Crippen LogP contribution in [0.2, 0.25) is 0 Å². The molecule has 0 aliphatic heterocycles. The van der Waals surface area contributed by atoms with E-state index in [2.05, 4.69) is 41.6 Å². The van der Waals surface area contributed by atoms with Crippen molar-refractivity contribution in [3.05, 3.63) is 0 Å². The number of amides is 6. The molecule has 6 amide bonds. The van der Waals surface area contributed by atoms with E-state index in [1.807, 2.05) is 73.9 Å². The lowest BCUT2D eigenvalue weighted by Crippen LogP contribution is -2.55. The monoisotopic (exact) mass is 1520 g/mol. The molecule has 100 heavy (non-hydrogen) atoms. The number of aliphatic hydroxyl groups excluding tert-OH is 3. The van der Waals surface area contributed by atoms with Crippen molar-refractivity contribution in [3.63, 3.8) is 0 Å². The summed E-state index contributed by atoms with van der Waals surface area (Å²) in [5.74, 6) is 3.91. The Morgan fingerprint density at radius 1 is 0.280 bits per heavy atom. The molecule has 0 bridgehead atoms.